The van der Waals surface area contributed by atoms with E-state index in [0.717, 1.165) is 11.8 Å². The summed E-state index contributed by atoms with van der Waals surface area (Å²) in [6, 6.07) is 6.90. The van der Waals surface area contributed by atoms with Gasteiger partial charge in [0.25, 0.3) is 0 Å². The van der Waals surface area contributed by atoms with Crippen LogP contribution in [0.25, 0.3) is 0 Å². The largest absolute Gasteiger partial charge is 0.497 e. The van der Waals surface area contributed by atoms with Crippen LogP contribution in [0.1, 0.15) is 6.92 Å². The van der Waals surface area contributed by atoms with Crippen LogP contribution in [0, 0.1) is 0 Å². The minimum Gasteiger partial charge on any atom is -0.497 e. The van der Waals surface area contributed by atoms with E-state index in [0.29, 0.717) is 10.6 Å². The fourth-order valence-electron chi connectivity index (χ4n) is 1.09. The average Bonchev–Trinajstić information content (AvgIpc) is 2.29. The molecule has 0 aliphatic rings. The number of methoxy groups -OCH3 is 1. The summed E-state index contributed by atoms with van der Waals surface area (Å²) in [5.74, 6) is 0.269. The quantitative estimate of drug-likeness (QED) is 0.766. The molecule has 94 valence electrons. The van der Waals surface area contributed by atoms with Gasteiger partial charge in [0.1, 0.15) is 11.5 Å². The van der Waals surface area contributed by atoms with Gasteiger partial charge in [0.05, 0.1) is 7.11 Å². The van der Waals surface area contributed by atoms with Gasteiger partial charge in [0.15, 0.2) is 9.84 Å². The first kappa shape index (κ1) is 14.1. The maximum absolute atomic E-state index is 11.5. The molecule has 4 nitrogen and oxygen atoms in total. The number of thioether (sulfide) groups is 1. The van der Waals surface area contributed by atoms with E-state index in [1.54, 1.807) is 31.4 Å². The summed E-state index contributed by atoms with van der Waals surface area (Å²) in [4.78, 5) is 12.2. The molecule has 0 aromatic heterocycles. The van der Waals surface area contributed by atoms with E-state index in [1.165, 1.54) is 6.92 Å². The molecular weight excluding hydrogens is 260 g/mol. The summed E-state index contributed by atoms with van der Waals surface area (Å²) in [7, 11) is -1.69. The molecule has 0 spiro atoms. The van der Waals surface area contributed by atoms with Gasteiger partial charge >= 0.3 is 0 Å². The Morgan fingerprint density at radius 1 is 1.29 bits per heavy atom. The minimum atomic E-state index is -3.25. The molecule has 0 aliphatic carbocycles. The van der Waals surface area contributed by atoms with Gasteiger partial charge in [-0.3, -0.25) is 4.79 Å². The second-order valence-electron chi connectivity index (χ2n) is 3.33. The molecule has 0 amide bonds. The predicted octanol–water partition coefficient (Wildman–Crippen LogP) is 1.75. The topological polar surface area (TPSA) is 60.4 Å². The lowest BCUT2D eigenvalue weighted by atomic mass is 10.3. The van der Waals surface area contributed by atoms with Gasteiger partial charge in [-0.25, -0.2) is 8.42 Å². The molecule has 0 atom stereocenters. The normalized spacial score (nSPS) is 11.2. The van der Waals surface area contributed by atoms with Crippen molar-refractivity contribution in [2.45, 2.75) is 11.8 Å². The number of rotatable bonds is 5. The minimum absolute atomic E-state index is 0.0120. The highest BCUT2D eigenvalue weighted by molar-refractivity contribution is 8.15. The summed E-state index contributed by atoms with van der Waals surface area (Å²) in [6.45, 7) is 1.53. The Labute approximate surface area is 105 Å². The number of ether oxygens (including phenoxy) is 1. The van der Waals surface area contributed by atoms with Gasteiger partial charge in [-0.15, -0.1) is 0 Å². The van der Waals surface area contributed by atoms with Crippen molar-refractivity contribution in [2.75, 3.05) is 18.6 Å². The number of benzene rings is 1. The molecule has 1 aromatic rings. The van der Waals surface area contributed by atoms with Crippen LogP contribution in [-0.2, 0) is 14.6 Å². The number of carbonyl (C=O) groups excluding carboxylic acids is 1. The molecule has 0 saturated heterocycles. The molecule has 1 rings (SSSR count). The van der Waals surface area contributed by atoms with E-state index in [4.69, 9.17) is 4.74 Å². The number of sulfone groups is 1. The van der Waals surface area contributed by atoms with Crippen LogP contribution in [0.5, 0.6) is 5.75 Å². The second-order valence-corrected chi connectivity index (χ2v) is 6.81. The highest BCUT2D eigenvalue weighted by Crippen LogP contribution is 2.22. The maximum atomic E-state index is 11.5. The van der Waals surface area contributed by atoms with E-state index >= 15 is 0 Å². The lowest BCUT2D eigenvalue weighted by Gasteiger charge is -2.03. The molecule has 0 saturated carbocycles. The van der Waals surface area contributed by atoms with Crippen LogP contribution in [0.4, 0.5) is 0 Å². The van der Waals surface area contributed by atoms with Crippen molar-refractivity contribution >= 4 is 26.7 Å². The van der Waals surface area contributed by atoms with Crippen molar-refractivity contribution in [3.63, 3.8) is 0 Å². The van der Waals surface area contributed by atoms with Crippen LogP contribution in [0.3, 0.4) is 0 Å². The fourth-order valence-corrected chi connectivity index (χ4v) is 2.96. The first-order chi connectivity index (χ1) is 7.96. The zero-order valence-corrected chi connectivity index (χ0v) is 11.3. The lowest BCUT2D eigenvalue weighted by molar-refractivity contribution is -0.108. The molecule has 1 aromatic carbocycles. The van der Waals surface area contributed by atoms with Crippen molar-refractivity contribution in [2.24, 2.45) is 0 Å². The Morgan fingerprint density at radius 2 is 1.88 bits per heavy atom. The van der Waals surface area contributed by atoms with Crippen molar-refractivity contribution in [1.82, 2.24) is 0 Å². The number of hydrogen-bond donors (Lipinski definition) is 0. The van der Waals surface area contributed by atoms with Crippen LogP contribution < -0.4 is 4.74 Å². The van der Waals surface area contributed by atoms with Crippen LogP contribution >= 0.6 is 11.8 Å². The van der Waals surface area contributed by atoms with Gasteiger partial charge in [-0.05, 0) is 24.3 Å². The maximum Gasteiger partial charge on any atom is 0.208 e. The number of carbonyl (C=O) groups is 1. The Kier molecular flexibility index (Phi) is 5.02. The third-order valence-electron chi connectivity index (χ3n) is 2.07. The summed E-state index contributed by atoms with van der Waals surface area (Å²) in [5.41, 5.74) is 0. The standard InChI is InChI=1S/C11H14O4S2/c1-3-17(13,14)8-11(12)16-10-6-4-9(15-2)5-7-10/h4-7H,3,8H2,1-2H3. The highest BCUT2D eigenvalue weighted by atomic mass is 32.2. The molecule has 0 aliphatic heterocycles. The van der Waals surface area contributed by atoms with E-state index < -0.39 is 15.6 Å². The molecule has 0 bridgehead atoms. The third-order valence-corrected chi connectivity index (χ3v) is 4.71. The molecule has 0 unspecified atom stereocenters. The Hall–Kier alpha value is -1.01. The van der Waals surface area contributed by atoms with E-state index in [2.05, 4.69) is 0 Å². The van der Waals surface area contributed by atoms with E-state index in [1.807, 2.05) is 0 Å². The smallest absolute Gasteiger partial charge is 0.208 e. The Bertz CT molecular complexity index is 477. The van der Waals surface area contributed by atoms with Crippen LogP contribution in [-0.4, -0.2) is 32.1 Å². The summed E-state index contributed by atoms with van der Waals surface area (Å²) < 4.78 is 27.5. The predicted molar refractivity (Wildman–Crippen MR) is 68.2 cm³/mol. The van der Waals surface area contributed by atoms with Gasteiger partial charge < -0.3 is 4.74 Å². The van der Waals surface area contributed by atoms with Gasteiger partial charge in [0.2, 0.25) is 5.12 Å². The summed E-state index contributed by atoms with van der Waals surface area (Å²) >= 11 is 0.931. The monoisotopic (exact) mass is 274 g/mol. The van der Waals surface area contributed by atoms with E-state index in [9.17, 15) is 13.2 Å². The van der Waals surface area contributed by atoms with Crippen molar-refractivity contribution < 1.29 is 17.9 Å². The van der Waals surface area contributed by atoms with Crippen LogP contribution in [0.15, 0.2) is 29.2 Å². The van der Waals surface area contributed by atoms with Crippen molar-refractivity contribution in [1.29, 1.82) is 0 Å². The summed E-state index contributed by atoms with van der Waals surface area (Å²) in [6.07, 6.45) is 0. The molecule has 6 heteroatoms. The first-order valence-electron chi connectivity index (χ1n) is 5.02. The zero-order chi connectivity index (χ0) is 12.9. The van der Waals surface area contributed by atoms with E-state index in [-0.39, 0.29) is 10.9 Å². The second kappa shape index (κ2) is 6.07. The molecule has 0 heterocycles. The molecule has 0 radical (unpaired) electrons. The van der Waals surface area contributed by atoms with Gasteiger partial charge in [-0.1, -0.05) is 18.7 Å². The molecule has 0 N–H and O–H groups in total. The SMILES string of the molecule is CCS(=O)(=O)CC(=O)Sc1ccc(OC)cc1. The Morgan fingerprint density at radius 3 is 2.35 bits per heavy atom. The lowest BCUT2D eigenvalue weighted by Crippen LogP contribution is -2.14. The van der Waals surface area contributed by atoms with Crippen molar-refractivity contribution in [3.05, 3.63) is 24.3 Å². The molecular formula is C11H14O4S2. The zero-order valence-electron chi connectivity index (χ0n) is 9.67. The van der Waals surface area contributed by atoms with Gasteiger partial charge in [-0.2, -0.15) is 0 Å². The van der Waals surface area contributed by atoms with Crippen molar-refractivity contribution in [3.8, 4) is 5.75 Å². The number of hydrogen-bond acceptors (Lipinski definition) is 5. The Balaban J connectivity index is 2.62. The fraction of sp³-hybridized carbons (Fsp3) is 0.364. The van der Waals surface area contributed by atoms with Gasteiger partial charge in [0, 0.05) is 10.6 Å². The molecule has 0 fully saturated rings. The summed E-state index contributed by atoms with van der Waals surface area (Å²) in [5, 5.41) is -0.364. The average molecular weight is 274 g/mol. The highest BCUT2D eigenvalue weighted by Gasteiger charge is 2.15. The third kappa shape index (κ3) is 4.79. The molecule has 17 heavy (non-hydrogen) atoms. The first-order valence-corrected chi connectivity index (χ1v) is 7.66. The van der Waals surface area contributed by atoms with Crippen LogP contribution in [0.2, 0.25) is 0 Å².